The zero-order valence-electron chi connectivity index (χ0n) is 16.6. The summed E-state index contributed by atoms with van der Waals surface area (Å²) in [7, 11) is -3.63. The molecule has 1 aromatic carbocycles. The number of carbonyl (C=O) groups is 1. The van der Waals surface area contributed by atoms with Gasteiger partial charge in [0.05, 0.1) is 21.4 Å². The maximum Gasteiger partial charge on any atom is 0.243 e. The first-order valence-corrected chi connectivity index (χ1v) is 13.5. The van der Waals surface area contributed by atoms with Gasteiger partial charge in [0.1, 0.15) is 16.2 Å². The molecular weight excluding hydrogens is 476 g/mol. The van der Waals surface area contributed by atoms with Crippen molar-refractivity contribution in [3.8, 4) is 0 Å². The summed E-state index contributed by atoms with van der Waals surface area (Å²) in [5, 5.41) is 6.59. The van der Waals surface area contributed by atoms with E-state index in [0.29, 0.717) is 13.1 Å². The molecule has 3 aromatic rings. The van der Waals surface area contributed by atoms with Gasteiger partial charge in [0.2, 0.25) is 15.9 Å². The first-order valence-electron chi connectivity index (χ1n) is 9.86. The maximum absolute atomic E-state index is 13.1. The van der Waals surface area contributed by atoms with Gasteiger partial charge in [0, 0.05) is 18.5 Å². The molecule has 3 heterocycles. The number of anilines is 1. The molecule has 7 nitrogen and oxygen atoms in total. The zero-order chi connectivity index (χ0) is 21.8. The van der Waals surface area contributed by atoms with Crippen LogP contribution in [0.3, 0.4) is 0 Å². The molecule has 1 fully saturated rings. The molecule has 0 bridgehead atoms. The highest BCUT2D eigenvalue weighted by Gasteiger charge is 2.26. The molecule has 0 aliphatic carbocycles. The summed E-state index contributed by atoms with van der Waals surface area (Å²) >= 11 is 9.04. The van der Waals surface area contributed by atoms with E-state index in [1.807, 2.05) is 11.4 Å². The quantitative estimate of drug-likeness (QED) is 0.394. The normalized spacial score (nSPS) is 15.6. The molecule has 1 N–H and O–H groups in total. The molecule has 0 saturated carbocycles. The first kappa shape index (κ1) is 22.5. The zero-order valence-corrected chi connectivity index (χ0v) is 19.8. The van der Waals surface area contributed by atoms with E-state index < -0.39 is 10.0 Å². The number of thioether (sulfide) groups is 1. The molecule has 1 aliphatic rings. The number of sulfonamides is 1. The third-order valence-electron chi connectivity index (χ3n) is 4.98. The molecule has 1 saturated heterocycles. The summed E-state index contributed by atoms with van der Waals surface area (Å²) in [6.45, 7) is 1.03. The largest absolute Gasteiger partial charge is 0.324 e. The molecule has 1 aliphatic heterocycles. The predicted molar refractivity (Wildman–Crippen MR) is 125 cm³/mol. The van der Waals surface area contributed by atoms with Gasteiger partial charge < -0.3 is 5.32 Å². The lowest BCUT2D eigenvalue weighted by molar-refractivity contribution is -0.113. The van der Waals surface area contributed by atoms with Crippen LogP contribution in [0.25, 0.3) is 10.2 Å². The Balaban J connectivity index is 1.47. The fraction of sp³-hybridized carbons (Fsp3) is 0.350. The van der Waals surface area contributed by atoms with Crippen LogP contribution in [0, 0.1) is 0 Å². The highest BCUT2D eigenvalue weighted by molar-refractivity contribution is 8.00. The molecule has 2 aromatic heterocycles. The lowest BCUT2D eigenvalue weighted by Crippen LogP contribution is -2.32. The summed E-state index contributed by atoms with van der Waals surface area (Å²) in [4.78, 5) is 22.0. The average Bonchev–Trinajstić information content (AvgIpc) is 3.07. The minimum Gasteiger partial charge on any atom is -0.324 e. The number of fused-ring (bicyclic) bond motifs is 1. The molecule has 11 heteroatoms. The van der Waals surface area contributed by atoms with E-state index in [9.17, 15) is 13.2 Å². The molecule has 0 radical (unpaired) electrons. The Morgan fingerprint density at radius 2 is 1.94 bits per heavy atom. The van der Waals surface area contributed by atoms with Crippen molar-refractivity contribution >= 4 is 66.5 Å². The van der Waals surface area contributed by atoms with Gasteiger partial charge in [0.25, 0.3) is 0 Å². The van der Waals surface area contributed by atoms with E-state index in [2.05, 4.69) is 15.3 Å². The van der Waals surface area contributed by atoms with Crippen LogP contribution in [0.2, 0.25) is 5.02 Å². The second kappa shape index (κ2) is 9.83. The van der Waals surface area contributed by atoms with Gasteiger partial charge in [-0.1, -0.05) is 36.2 Å². The summed E-state index contributed by atoms with van der Waals surface area (Å²) in [6, 6.07) is 6.36. The van der Waals surface area contributed by atoms with Gasteiger partial charge in [-0.3, -0.25) is 4.79 Å². The Morgan fingerprint density at radius 3 is 2.71 bits per heavy atom. The van der Waals surface area contributed by atoms with E-state index in [1.54, 1.807) is 0 Å². The van der Waals surface area contributed by atoms with Crippen LogP contribution < -0.4 is 5.32 Å². The maximum atomic E-state index is 13.1. The molecule has 4 rings (SSSR count). The predicted octanol–water partition coefficient (Wildman–Crippen LogP) is 4.64. The third-order valence-corrected chi connectivity index (χ3v) is 9.03. The molecule has 0 atom stereocenters. The van der Waals surface area contributed by atoms with Crippen LogP contribution in [0.4, 0.5) is 5.69 Å². The van der Waals surface area contributed by atoms with E-state index in [4.69, 9.17) is 11.6 Å². The Hall–Kier alpha value is -1.72. The Morgan fingerprint density at radius 1 is 1.16 bits per heavy atom. The van der Waals surface area contributed by atoms with Crippen LogP contribution >= 0.6 is 34.7 Å². The lowest BCUT2D eigenvalue weighted by atomic mass is 10.2. The smallest absolute Gasteiger partial charge is 0.243 e. The van der Waals surface area contributed by atoms with Crippen molar-refractivity contribution in [3.63, 3.8) is 0 Å². The first-order chi connectivity index (χ1) is 14.9. The van der Waals surface area contributed by atoms with Crippen LogP contribution in [0.5, 0.6) is 0 Å². The Bertz CT molecular complexity index is 1190. The second-order valence-electron chi connectivity index (χ2n) is 7.12. The number of halogens is 1. The van der Waals surface area contributed by atoms with Gasteiger partial charge in [-0.2, -0.15) is 4.31 Å². The molecule has 31 heavy (non-hydrogen) atoms. The number of thiophene rings is 1. The van der Waals surface area contributed by atoms with E-state index in [1.165, 1.54) is 51.9 Å². The van der Waals surface area contributed by atoms with Crippen LogP contribution in [-0.2, 0) is 14.8 Å². The minimum absolute atomic E-state index is 0.112. The second-order valence-corrected chi connectivity index (χ2v) is 11.3. The SMILES string of the molecule is O=C(CSc1ncnc2sccc12)Nc1cc(S(=O)(=O)N2CCCCCC2)ccc1Cl. The fourth-order valence-corrected chi connectivity index (χ4v) is 6.68. The van der Waals surface area contributed by atoms with Crippen LogP contribution in [0.15, 0.2) is 45.9 Å². The van der Waals surface area contributed by atoms with Crippen molar-refractivity contribution in [3.05, 3.63) is 41.0 Å². The Kier molecular flexibility index (Phi) is 7.12. The molecule has 0 spiro atoms. The molecule has 0 unspecified atom stereocenters. The van der Waals surface area contributed by atoms with Crippen molar-refractivity contribution < 1.29 is 13.2 Å². The highest BCUT2D eigenvalue weighted by atomic mass is 35.5. The number of rotatable bonds is 6. The van der Waals surface area contributed by atoms with Crippen molar-refractivity contribution in [1.29, 1.82) is 0 Å². The summed E-state index contributed by atoms with van der Waals surface area (Å²) in [5.41, 5.74) is 0.284. The summed E-state index contributed by atoms with van der Waals surface area (Å²) < 4.78 is 27.6. The standard InChI is InChI=1S/C20H21ClN4O3S3/c21-16-6-5-14(31(27,28)25-8-3-1-2-4-9-25)11-17(16)24-18(26)12-30-20-15-7-10-29-19(15)22-13-23-20/h5-7,10-11,13H,1-4,8-9,12H2,(H,24,26). The van der Waals surface area contributed by atoms with Gasteiger partial charge in [-0.05, 0) is 42.5 Å². The van der Waals surface area contributed by atoms with E-state index >= 15 is 0 Å². The number of amides is 1. The Labute approximate surface area is 194 Å². The van der Waals surface area contributed by atoms with Gasteiger partial charge >= 0.3 is 0 Å². The van der Waals surface area contributed by atoms with Crippen LogP contribution in [0.1, 0.15) is 25.7 Å². The van der Waals surface area contributed by atoms with Gasteiger partial charge in [-0.15, -0.1) is 11.3 Å². The summed E-state index contributed by atoms with van der Waals surface area (Å²) in [5.74, 6) is -0.181. The van der Waals surface area contributed by atoms with Crippen molar-refractivity contribution in [2.75, 3.05) is 24.2 Å². The van der Waals surface area contributed by atoms with Crippen molar-refractivity contribution in [1.82, 2.24) is 14.3 Å². The number of aromatic nitrogens is 2. The van der Waals surface area contributed by atoms with Gasteiger partial charge in [0.15, 0.2) is 0 Å². The number of nitrogens with zero attached hydrogens (tertiary/aromatic N) is 3. The topological polar surface area (TPSA) is 92.3 Å². The van der Waals surface area contributed by atoms with E-state index in [-0.39, 0.29) is 27.3 Å². The molecule has 1 amide bonds. The molecular formula is C20H21ClN4O3S3. The van der Waals surface area contributed by atoms with Crippen LogP contribution in [-0.4, -0.2) is 47.4 Å². The third kappa shape index (κ3) is 5.20. The van der Waals surface area contributed by atoms with Crippen molar-refractivity contribution in [2.45, 2.75) is 35.6 Å². The monoisotopic (exact) mass is 496 g/mol. The number of nitrogens with one attached hydrogen (secondary N) is 1. The van der Waals surface area contributed by atoms with Gasteiger partial charge in [-0.25, -0.2) is 18.4 Å². The van der Waals surface area contributed by atoms with E-state index in [0.717, 1.165) is 40.9 Å². The highest BCUT2D eigenvalue weighted by Crippen LogP contribution is 2.30. The summed E-state index contributed by atoms with van der Waals surface area (Å²) in [6.07, 6.45) is 5.26. The average molecular weight is 497 g/mol. The minimum atomic E-state index is -3.63. The molecule has 164 valence electrons. The number of carbonyl (C=O) groups excluding carboxylic acids is 1. The number of hydrogen-bond donors (Lipinski definition) is 1. The fourth-order valence-electron chi connectivity index (χ4n) is 3.39. The number of benzene rings is 1. The number of hydrogen-bond acceptors (Lipinski definition) is 7. The van der Waals surface area contributed by atoms with Crippen molar-refractivity contribution in [2.24, 2.45) is 0 Å². The lowest BCUT2D eigenvalue weighted by Gasteiger charge is -2.20.